The summed E-state index contributed by atoms with van der Waals surface area (Å²) in [4.78, 5) is 0.246. The van der Waals surface area contributed by atoms with Crippen LogP contribution in [0.5, 0.6) is 0 Å². The number of hydrogen-bond acceptors (Lipinski definition) is 4. The second-order valence-electron chi connectivity index (χ2n) is 4.79. The molecular formula is C12H19NO3S. The maximum absolute atomic E-state index is 11.6. The van der Waals surface area contributed by atoms with Crippen LogP contribution in [0, 0.1) is 0 Å². The number of sulfone groups is 1. The average Bonchev–Trinajstić information content (AvgIpc) is 2.15. The van der Waals surface area contributed by atoms with Gasteiger partial charge in [-0.2, -0.15) is 0 Å². The highest BCUT2D eigenvalue weighted by molar-refractivity contribution is 7.90. The van der Waals surface area contributed by atoms with Crippen molar-refractivity contribution < 1.29 is 13.5 Å². The second-order valence-corrected chi connectivity index (χ2v) is 6.77. The molecule has 0 heterocycles. The third-order valence-electron chi connectivity index (χ3n) is 2.72. The molecule has 0 saturated heterocycles. The minimum atomic E-state index is -3.27. The number of para-hydroxylation sites is 1. The van der Waals surface area contributed by atoms with Crippen molar-refractivity contribution in [3.63, 3.8) is 0 Å². The summed E-state index contributed by atoms with van der Waals surface area (Å²) in [6.45, 7) is 5.15. The fourth-order valence-electron chi connectivity index (χ4n) is 1.32. The molecule has 96 valence electrons. The molecular weight excluding hydrogens is 238 g/mol. The summed E-state index contributed by atoms with van der Waals surface area (Å²) in [5, 5.41) is 12.9. The predicted molar refractivity (Wildman–Crippen MR) is 68.9 cm³/mol. The van der Waals surface area contributed by atoms with Gasteiger partial charge in [-0.25, -0.2) is 8.42 Å². The highest BCUT2D eigenvalue weighted by Crippen LogP contribution is 2.23. The Kier molecular flexibility index (Phi) is 3.84. The Labute approximate surface area is 103 Å². The van der Waals surface area contributed by atoms with Crippen molar-refractivity contribution in [1.29, 1.82) is 0 Å². The van der Waals surface area contributed by atoms with Crippen LogP contribution in [0.15, 0.2) is 29.2 Å². The molecule has 0 aromatic heterocycles. The highest BCUT2D eigenvalue weighted by Gasteiger charge is 2.23. The largest absolute Gasteiger partial charge is 0.388 e. The van der Waals surface area contributed by atoms with E-state index < -0.39 is 15.4 Å². The van der Waals surface area contributed by atoms with Crippen LogP contribution in [0.4, 0.5) is 5.69 Å². The minimum absolute atomic E-state index is 0.246. The van der Waals surface area contributed by atoms with E-state index in [1.165, 1.54) is 6.26 Å². The average molecular weight is 257 g/mol. The molecule has 1 rings (SSSR count). The zero-order valence-corrected chi connectivity index (χ0v) is 11.4. The van der Waals surface area contributed by atoms with Gasteiger partial charge in [0.15, 0.2) is 9.84 Å². The molecule has 0 spiro atoms. The highest BCUT2D eigenvalue weighted by atomic mass is 32.2. The van der Waals surface area contributed by atoms with E-state index in [9.17, 15) is 13.5 Å². The summed E-state index contributed by atoms with van der Waals surface area (Å²) < 4.78 is 23.2. The molecule has 0 aliphatic rings. The summed E-state index contributed by atoms with van der Waals surface area (Å²) in [5.74, 6) is 0. The van der Waals surface area contributed by atoms with Gasteiger partial charge in [-0.15, -0.1) is 0 Å². The SMILES string of the molecule is CC(Nc1ccccc1S(C)(=O)=O)C(C)(C)O. The molecule has 1 atom stereocenters. The van der Waals surface area contributed by atoms with Crippen molar-refractivity contribution in [2.75, 3.05) is 11.6 Å². The van der Waals surface area contributed by atoms with Gasteiger partial charge in [-0.1, -0.05) is 12.1 Å². The van der Waals surface area contributed by atoms with E-state index in [0.717, 1.165) is 0 Å². The van der Waals surface area contributed by atoms with Crippen molar-refractivity contribution in [3.05, 3.63) is 24.3 Å². The lowest BCUT2D eigenvalue weighted by Gasteiger charge is -2.28. The summed E-state index contributed by atoms with van der Waals surface area (Å²) in [7, 11) is -3.27. The smallest absolute Gasteiger partial charge is 0.177 e. The Hall–Kier alpha value is -1.07. The van der Waals surface area contributed by atoms with Gasteiger partial charge in [0.25, 0.3) is 0 Å². The van der Waals surface area contributed by atoms with E-state index in [4.69, 9.17) is 0 Å². The van der Waals surface area contributed by atoms with Crippen LogP contribution in [0.1, 0.15) is 20.8 Å². The van der Waals surface area contributed by atoms with Crippen LogP contribution in [-0.4, -0.2) is 31.4 Å². The lowest BCUT2D eigenvalue weighted by atomic mass is 10.0. The third kappa shape index (κ3) is 3.71. The monoisotopic (exact) mass is 257 g/mol. The summed E-state index contributed by atoms with van der Waals surface area (Å²) in [6.07, 6.45) is 1.17. The second kappa shape index (κ2) is 4.66. The van der Waals surface area contributed by atoms with Gasteiger partial charge in [-0.05, 0) is 32.9 Å². The van der Waals surface area contributed by atoms with Crippen molar-refractivity contribution in [2.24, 2.45) is 0 Å². The van der Waals surface area contributed by atoms with Crippen LogP contribution in [0.3, 0.4) is 0 Å². The van der Waals surface area contributed by atoms with Gasteiger partial charge in [-0.3, -0.25) is 0 Å². The molecule has 0 fully saturated rings. The first-order chi connectivity index (χ1) is 7.62. The number of benzene rings is 1. The van der Waals surface area contributed by atoms with Gasteiger partial charge < -0.3 is 10.4 Å². The van der Waals surface area contributed by atoms with E-state index in [-0.39, 0.29) is 10.9 Å². The predicted octanol–water partition coefficient (Wildman–Crippen LogP) is 1.66. The van der Waals surface area contributed by atoms with Gasteiger partial charge in [0.1, 0.15) is 0 Å². The standard InChI is InChI=1S/C12H19NO3S/c1-9(12(2,3)14)13-10-7-5-6-8-11(10)17(4,15)16/h5-9,13-14H,1-4H3. The number of nitrogens with one attached hydrogen (secondary N) is 1. The molecule has 2 N–H and O–H groups in total. The van der Waals surface area contributed by atoms with E-state index >= 15 is 0 Å². The van der Waals surface area contributed by atoms with Gasteiger partial charge >= 0.3 is 0 Å². The maximum Gasteiger partial charge on any atom is 0.177 e. The summed E-state index contributed by atoms with van der Waals surface area (Å²) in [6, 6.07) is 6.42. The molecule has 0 aliphatic heterocycles. The fraction of sp³-hybridized carbons (Fsp3) is 0.500. The normalized spacial score (nSPS) is 14.4. The first-order valence-corrected chi connectivity index (χ1v) is 7.29. The Morgan fingerprint density at radius 1 is 1.29 bits per heavy atom. The molecule has 17 heavy (non-hydrogen) atoms. The Balaban J connectivity index is 3.09. The molecule has 1 aromatic carbocycles. The topological polar surface area (TPSA) is 66.4 Å². The van der Waals surface area contributed by atoms with Crippen LogP contribution >= 0.6 is 0 Å². The van der Waals surface area contributed by atoms with Crippen LogP contribution in [-0.2, 0) is 9.84 Å². The first-order valence-electron chi connectivity index (χ1n) is 5.40. The molecule has 0 bridgehead atoms. The van der Waals surface area contributed by atoms with Crippen molar-refractivity contribution in [2.45, 2.75) is 37.3 Å². The molecule has 0 aliphatic carbocycles. The van der Waals surface area contributed by atoms with Crippen molar-refractivity contribution in [3.8, 4) is 0 Å². The number of rotatable bonds is 4. The Morgan fingerprint density at radius 3 is 2.29 bits per heavy atom. The van der Waals surface area contributed by atoms with Crippen LogP contribution in [0.25, 0.3) is 0 Å². The lowest BCUT2D eigenvalue weighted by molar-refractivity contribution is 0.0648. The first kappa shape index (κ1) is 14.0. The maximum atomic E-state index is 11.6. The third-order valence-corrected chi connectivity index (χ3v) is 3.87. The van der Waals surface area contributed by atoms with E-state index in [1.807, 2.05) is 0 Å². The molecule has 1 unspecified atom stereocenters. The quantitative estimate of drug-likeness (QED) is 0.861. The zero-order chi connectivity index (χ0) is 13.3. The van der Waals surface area contributed by atoms with Gasteiger partial charge in [0, 0.05) is 6.26 Å². The van der Waals surface area contributed by atoms with Crippen LogP contribution in [0.2, 0.25) is 0 Å². The minimum Gasteiger partial charge on any atom is -0.388 e. The van der Waals surface area contributed by atoms with E-state index in [2.05, 4.69) is 5.32 Å². The van der Waals surface area contributed by atoms with Gasteiger partial charge in [0.2, 0.25) is 0 Å². The lowest BCUT2D eigenvalue weighted by Crippen LogP contribution is -2.39. The molecule has 4 nitrogen and oxygen atoms in total. The number of hydrogen-bond donors (Lipinski definition) is 2. The Morgan fingerprint density at radius 2 is 1.82 bits per heavy atom. The van der Waals surface area contributed by atoms with E-state index in [0.29, 0.717) is 5.69 Å². The summed E-state index contributed by atoms with van der Waals surface area (Å²) in [5.41, 5.74) is -0.408. The molecule has 0 amide bonds. The van der Waals surface area contributed by atoms with Crippen molar-refractivity contribution in [1.82, 2.24) is 0 Å². The zero-order valence-electron chi connectivity index (χ0n) is 10.6. The fourth-order valence-corrected chi connectivity index (χ4v) is 2.17. The Bertz CT molecular complexity index is 489. The van der Waals surface area contributed by atoms with E-state index in [1.54, 1.807) is 45.0 Å². The molecule has 1 aromatic rings. The number of anilines is 1. The number of aliphatic hydroxyl groups is 1. The van der Waals surface area contributed by atoms with Gasteiger partial charge in [0.05, 0.1) is 22.2 Å². The molecule has 5 heteroatoms. The van der Waals surface area contributed by atoms with Crippen molar-refractivity contribution >= 4 is 15.5 Å². The van der Waals surface area contributed by atoms with Crippen LogP contribution < -0.4 is 5.32 Å². The molecule has 0 saturated carbocycles. The molecule has 0 radical (unpaired) electrons. The summed E-state index contributed by atoms with van der Waals surface area (Å²) >= 11 is 0.